The van der Waals surface area contributed by atoms with Crippen molar-refractivity contribution in [2.24, 2.45) is 0 Å². The summed E-state index contributed by atoms with van der Waals surface area (Å²) in [5.74, 6) is 0.820. The van der Waals surface area contributed by atoms with Crippen LogP contribution in [0.4, 0.5) is 0 Å². The number of aryl methyl sites for hydroxylation is 1. The zero-order valence-electron chi connectivity index (χ0n) is 12.9. The minimum Gasteiger partial charge on any atom is -0.496 e. The van der Waals surface area contributed by atoms with E-state index in [4.69, 9.17) is 27.9 Å². The molecule has 2 aromatic carbocycles. The molecule has 122 valence electrons. The summed E-state index contributed by atoms with van der Waals surface area (Å²) in [6, 6.07) is 13.2. The van der Waals surface area contributed by atoms with Gasteiger partial charge in [-0.25, -0.2) is 0 Å². The summed E-state index contributed by atoms with van der Waals surface area (Å²) < 4.78 is 5.28. The zero-order valence-corrected chi connectivity index (χ0v) is 14.5. The first-order chi connectivity index (χ1) is 11.1. The Morgan fingerprint density at radius 2 is 1.78 bits per heavy atom. The minimum atomic E-state index is 0.00839. The molecule has 0 bridgehead atoms. The number of methoxy groups -OCH3 is 1. The maximum atomic E-state index is 11.9. The Kier molecular flexibility index (Phi) is 6.75. The number of amides is 1. The first-order valence-corrected chi connectivity index (χ1v) is 8.19. The van der Waals surface area contributed by atoms with E-state index in [9.17, 15) is 4.79 Å². The molecule has 0 saturated carbocycles. The van der Waals surface area contributed by atoms with E-state index in [1.54, 1.807) is 13.2 Å². The maximum absolute atomic E-state index is 11.9. The third-order valence-corrected chi connectivity index (χ3v) is 4.42. The second-order valence-electron chi connectivity index (χ2n) is 5.12. The molecule has 0 aliphatic rings. The Bertz CT molecular complexity index is 674. The van der Waals surface area contributed by atoms with Gasteiger partial charge in [-0.05, 0) is 36.1 Å². The number of carbonyl (C=O) groups is 1. The number of hydrogen-bond acceptors (Lipinski definition) is 2. The molecular formula is C18H19Cl2NO2. The van der Waals surface area contributed by atoms with Gasteiger partial charge in [0.15, 0.2) is 0 Å². The molecule has 1 N–H and O–H groups in total. The fraction of sp³-hybridized carbons (Fsp3) is 0.278. The van der Waals surface area contributed by atoms with Crippen LogP contribution in [0.2, 0.25) is 10.0 Å². The highest BCUT2D eigenvalue weighted by atomic mass is 35.5. The standard InChI is InChI=1S/C18H19Cl2NO2/c1-23-16-8-3-2-5-13(16)9-10-17(22)21-12-11-14-6-4-7-15(19)18(14)20/h2-8H,9-12H2,1H3,(H,21,22). The van der Waals surface area contributed by atoms with E-state index in [1.807, 2.05) is 36.4 Å². The van der Waals surface area contributed by atoms with Crippen LogP contribution in [-0.2, 0) is 17.6 Å². The summed E-state index contributed by atoms with van der Waals surface area (Å²) in [6.07, 6.45) is 1.72. The summed E-state index contributed by atoms with van der Waals surface area (Å²) in [6.45, 7) is 0.533. The van der Waals surface area contributed by atoms with Crippen LogP contribution in [0.15, 0.2) is 42.5 Å². The van der Waals surface area contributed by atoms with Crippen molar-refractivity contribution in [2.45, 2.75) is 19.3 Å². The molecule has 1 amide bonds. The van der Waals surface area contributed by atoms with Crippen LogP contribution in [0, 0.1) is 0 Å². The van der Waals surface area contributed by atoms with Crippen molar-refractivity contribution in [1.29, 1.82) is 0 Å². The molecule has 0 aliphatic carbocycles. The van der Waals surface area contributed by atoms with E-state index < -0.39 is 0 Å². The molecule has 0 heterocycles. The molecule has 23 heavy (non-hydrogen) atoms. The van der Waals surface area contributed by atoms with Crippen molar-refractivity contribution in [3.63, 3.8) is 0 Å². The average molecular weight is 352 g/mol. The second-order valence-corrected chi connectivity index (χ2v) is 5.91. The van der Waals surface area contributed by atoms with Gasteiger partial charge < -0.3 is 10.1 Å². The second kappa shape index (κ2) is 8.80. The van der Waals surface area contributed by atoms with Gasteiger partial charge in [-0.15, -0.1) is 0 Å². The lowest BCUT2D eigenvalue weighted by molar-refractivity contribution is -0.121. The van der Waals surface area contributed by atoms with E-state index in [2.05, 4.69) is 5.32 Å². The molecule has 3 nitrogen and oxygen atoms in total. The van der Waals surface area contributed by atoms with Crippen molar-refractivity contribution < 1.29 is 9.53 Å². The van der Waals surface area contributed by atoms with Gasteiger partial charge in [-0.1, -0.05) is 53.5 Å². The average Bonchev–Trinajstić information content (AvgIpc) is 2.57. The molecule has 0 saturated heterocycles. The Balaban J connectivity index is 1.78. The van der Waals surface area contributed by atoms with Gasteiger partial charge >= 0.3 is 0 Å². The molecule has 0 aromatic heterocycles. The smallest absolute Gasteiger partial charge is 0.220 e. The number of ether oxygens (including phenoxy) is 1. The molecule has 0 atom stereocenters. The largest absolute Gasteiger partial charge is 0.496 e. The van der Waals surface area contributed by atoms with Crippen LogP contribution < -0.4 is 10.1 Å². The summed E-state index contributed by atoms with van der Waals surface area (Å²) in [5.41, 5.74) is 1.97. The quantitative estimate of drug-likeness (QED) is 0.807. The number of hydrogen-bond donors (Lipinski definition) is 1. The molecule has 0 aliphatic heterocycles. The van der Waals surface area contributed by atoms with Crippen molar-refractivity contribution in [3.8, 4) is 5.75 Å². The summed E-state index contributed by atoms with van der Waals surface area (Å²) >= 11 is 12.1. The van der Waals surface area contributed by atoms with E-state index in [0.29, 0.717) is 35.9 Å². The molecule has 0 radical (unpaired) electrons. The van der Waals surface area contributed by atoms with Crippen molar-refractivity contribution in [1.82, 2.24) is 5.32 Å². The monoisotopic (exact) mass is 351 g/mol. The van der Waals surface area contributed by atoms with Crippen molar-refractivity contribution >= 4 is 29.1 Å². The first-order valence-electron chi connectivity index (χ1n) is 7.43. The van der Waals surface area contributed by atoms with Gasteiger partial charge in [0, 0.05) is 13.0 Å². The number of carbonyl (C=O) groups excluding carboxylic acids is 1. The first kappa shape index (κ1) is 17.6. The summed E-state index contributed by atoms with van der Waals surface area (Å²) in [7, 11) is 1.63. The SMILES string of the molecule is COc1ccccc1CCC(=O)NCCc1cccc(Cl)c1Cl. The minimum absolute atomic E-state index is 0.00839. The van der Waals surface area contributed by atoms with Crippen molar-refractivity contribution in [2.75, 3.05) is 13.7 Å². The number of halogens is 2. The summed E-state index contributed by atoms with van der Waals surface area (Å²) in [5, 5.41) is 3.99. The highest BCUT2D eigenvalue weighted by Gasteiger charge is 2.07. The predicted octanol–water partition coefficient (Wildman–Crippen LogP) is 4.29. The molecule has 0 spiro atoms. The normalized spacial score (nSPS) is 10.4. The van der Waals surface area contributed by atoms with Crippen LogP contribution in [0.5, 0.6) is 5.75 Å². The molecular weight excluding hydrogens is 333 g/mol. The van der Waals surface area contributed by atoms with Gasteiger partial charge in [0.25, 0.3) is 0 Å². The highest BCUT2D eigenvalue weighted by molar-refractivity contribution is 6.42. The van der Waals surface area contributed by atoms with Crippen LogP contribution >= 0.6 is 23.2 Å². The molecule has 0 unspecified atom stereocenters. The topological polar surface area (TPSA) is 38.3 Å². The van der Waals surface area contributed by atoms with Crippen LogP contribution in [-0.4, -0.2) is 19.6 Å². The van der Waals surface area contributed by atoms with E-state index in [-0.39, 0.29) is 5.91 Å². The van der Waals surface area contributed by atoms with E-state index >= 15 is 0 Å². The number of rotatable bonds is 7. The Hall–Kier alpha value is -1.71. The maximum Gasteiger partial charge on any atom is 0.220 e. The van der Waals surface area contributed by atoms with Gasteiger partial charge in [0.1, 0.15) is 5.75 Å². The predicted molar refractivity (Wildman–Crippen MR) is 94.5 cm³/mol. The van der Waals surface area contributed by atoms with Gasteiger partial charge in [0.2, 0.25) is 5.91 Å². The third-order valence-electron chi connectivity index (χ3n) is 3.56. The zero-order chi connectivity index (χ0) is 16.7. The van der Waals surface area contributed by atoms with E-state index in [0.717, 1.165) is 16.9 Å². The van der Waals surface area contributed by atoms with Crippen LogP contribution in [0.3, 0.4) is 0 Å². The fourth-order valence-electron chi connectivity index (χ4n) is 2.32. The molecule has 5 heteroatoms. The summed E-state index contributed by atoms with van der Waals surface area (Å²) in [4.78, 5) is 11.9. The van der Waals surface area contributed by atoms with Crippen LogP contribution in [0.25, 0.3) is 0 Å². The lowest BCUT2D eigenvalue weighted by Crippen LogP contribution is -2.26. The van der Waals surface area contributed by atoms with Crippen LogP contribution in [0.1, 0.15) is 17.5 Å². The van der Waals surface area contributed by atoms with E-state index in [1.165, 1.54) is 0 Å². The number of benzene rings is 2. The highest BCUT2D eigenvalue weighted by Crippen LogP contribution is 2.25. The molecule has 2 aromatic rings. The number of para-hydroxylation sites is 1. The molecule has 0 fully saturated rings. The van der Waals surface area contributed by atoms with Crippen molar-refractivity contribution in [3.05, 3.63) is 63.6 Å². The molecule has 2 rings (SSSR count). The van der Waals surface area contributed by atoms with Gasteiger partial charge in [-0.2, -0.15) is 0 Å². The number of nitrogens with one attached hydrogen (secondary N) is 1. The Morgan fingerprint density at radius 3 is 2.57 bits per heavy atom. The third kappa shape index (κ3) is 5.15. The Labute approximate surface area is 146 Å². The van der Waals surface area contributed by atoms with Gasteiger partial charge in [0.05, 0.1) is 17.2 Å². The fourth-order valence-corrected chi connectivity index (χ4v) is 2.74. The lowest BCUT2D eigenvalue weighted by atomic mass is 10.1. The van der Waals surface area contributed by atoms with Gasteiger partial charge in [-0.3, -0.25) is 4.79 Å². The Morgan fingerprint density at radius 1 is 1.04 bits per heavy atom. The lowest BCUT2D eigenvalue weighted by Gasteiger charge is -2.09.